The zero-order valence-electron chi connectivity index (χ0n) is 11.4. The fourth-order valence-corrected chi connectivity index (χ4v) is 3.47. The molecule has 0 spiro atoms. The highest BCUT2D eigenvalue weighted by molar-refractivity contribution is 9.10. The summed E-state index contributed by atoms with van der Waals surface area (Å²) in [6.07, 6.45) is 5.86. The Labute approximate surface area is 123 Å². The second-order valence-corrected chi connectivity index (χ2v) is 6.62. The highest BCUT2D eigenvalue weighted by atomic mass is 79.9. The molecule has 3 atom stereocenters. The van der Waals surface area contributed by atoms with E-state index in [1.54, 1.807) is 6.07 Å². The monoisotopic (exact) mass is 328 g/mol. The largest absolute Gasteiger partial charge is 0.392 e. The van der Waals surface area contributed by atoms with Crippen LogP contribution in [-0.4, -0.2) is 11.2 Å². The third kappa shape index (κ3) is 4.03. The van der Waals surface area contributed by atoms with Gasteiger partial charge in [0.15, 0.2) is 0 Å². The van der Waals surface area contributed by atoms with Crippen molar-refractivity contribution in [3.8, 4) is 0 Å². The van der Waals surface area contributed by atoms with Crippen LogP contribution in [0.4, 0.5) is 4.39 Å². The molecule has 3 heteroatoms. The van der Waals surface area contributed by atoms with Gasteiger partial charge < -0.3 is 5.11 Å². The first-order valence-electron chi connectivity index (χ1n) is 7.22. The van der Waals surface area contributed by atoms with Gasteiger partial charge in [-0.1, -0.05) is 48.2 Å². The molecule has 0 aromatic heterocycles. The van der Waals surface area contributed by atoms with E-state index in [9.17, 15) is 9.50 Å². The van der Waals surface area contributed by atoms with Gasteiger partial charge in [-0.05, 0) is 42.4 Å². The minimum atomic E-state index is -0.412. The van der Waals surface area contributed by atoms with E-state index in [0.29, 0.717) is 17.9 Å². The standard InChI is InChI=1S/C16H22BrFO/c1-2-11-4-3-5-13(8-11)16(19)9-12-6-7-14(17)10-15(12)18/h6-7,10-11,13,16,19H,2-5,8-9H2,1H3. The summed E-state index contributed by atoms with van der Waals surface area (Å²) in [5.74, 6) is 0.848. The third-order valence-electron chi connectivity index (χ3n) is 4.39. The van der Waals surface area contributed by atoms with Crippen molar-refractivity contribution in [2.45, 2.75) is 51.6 Å². The van der Waals surface area contributed by atoms with Gasteiger partial charge in [0.25, 0.3) is 0 Å². The molecule has 1 aliphatic carbocycles. The number of aliphatic hydroxyl groups is 1. The Hall–Kier alpha value is -0.410. The van der Waals surface area contributed by atoms with Gasteiger partial charge in [0.1, 0.15) is 5.82 Å². The average Bonchev–Trinajstić information content (AvgIpc) is 2.42. The van der Waals surface area contributed by atoms with Crippen molar-refractivity contribution in [1.82, 2.24) is 0 Å². The Balaban J connectivity index is 1.98. The van der Waals surface area contributed by atoms with E-state index in [-0.39, 0.29) is 5.82 Å². The molecule has 0 saturated heterocycles. The normalized spacial score (nSPS) is 25.3. The second kappa shape index (κ2) is 6.85. The smallest absolute Gasteiger partial charge is 0.127 e. The summed E-state index contributed by atoms with van der Waals surface area (Å²) in [7, 11) is 0. The number of benzene rings is 1. The molecule has 1 fully saturated rings. The van der Waals surface area contributed by atoms with E-state index in [1.165, 1.54) is 25.3 Å². The van der Waals surface area contributed by atoms with Gasteiger partial charge >= 0.3 is 0 Å². The predicted molar refractivity (Wildman–Crippen MR) is 79.5 cm³/mol. The highest BCUT2D eigenvalue weighted by Crippen LogP contribution is 2.34. The molecular formula is C16H22BrFO. The van der Waals surface area contributed by atoms with Crippen LogP contribution in [0.3, 0.4) is 0 Å². The third-order valence-corrected chi connectivity index (χ3v) is 4.88. The molecule has 0 bridgehead atoms. The quantitative estimate of drug-likeness (QED) is 0.848. The minimum Gasteiger partial charge on any atom is -0.392 e. The van der Waals surface area contributed by atoms with E-state index >= 15 is 0 Å². The lowest BCUT2D eigenvalue weighted by atomic mass is 9.76. The van der Waals surface area contributed by atoms with Gasteiger partial charge in [-0.3, -0.25) is 0 Å². The van der Waals surface area contributed by atoms with Crippen LogP contribution >= 0.6 is 15.9 Å². The van der Waals surface area contributed by atoms with Crippen LogP contribution in [0, 0.1) is 17.7 Å². The molecule has 19 heavy (non-hydrogen) atoms. The fourth-order valence-electron chi connectivity index (χ4n) is 3.13. The van der Waals surface area contributed by atoms with Crippen LogP contribution in [0.1, 0.15) is 44.6 Å². The Morgan fingerprint density at radius 2 is 2.21 bits per heavy atom. The Morgan fingerprint density at radius 3 is 2.89 bits per heavy atom. The van der Waals surface area contributed by atoms with Gasteiger partial charge in [-0.15, -0.1) is 0 Å². The number of halogens is 2. The molecule has 1 N–H and O–H groups in total. The van der Waals surface area contributed by atoms with E-state index in [1.807, 2.05) is 6.07 Å². The van der Waals surface area contributed by atoms with Crippen LogP contribution in [0.25, 0.3) is 0 Å². The SMILES string of the molecule is CCC1CCCC(C(O)Cc2ccc(Br)cc2F)C1. The zero-order valence-corrected chi connectivity index (χ0v) is 13.0. The van der Waals surface area contributed by atoms with E-state index in [0.717, 1.165) is 23.2 Å². The first-order valence-corrected chi connectivity index (χ1v) is 8.01. The summed E-state index contributed by atoms with van der Waals surface area (Å²) in [5.41, 5.74) is 0.620. The topological polar surface area (TPSA) is 20.2 Å². The first kappa shape index (κ1) is 15.0. The number of aliphatic hydroxyl groups excluding tert-OH is 1. The molecule has 1 aromatic rings. The molecule has 0 radical (unpaired) electrons. The lowest BCUT2D eigenvalue weighted by molar-refractivity contribution is 0.0678. The molecule has 0 aliphatic heterocycles. The molecule has 1 saturated carbocycles. The number of hydrogen-bond acceptors (Lipinski definition) is 1. The number of hydrogen-bond donors (Lipinski definition) is 1. The summed E-state index contributed by atoms with van der Waals surface area (Å²) in [4.78, 5) is 0. The van der Waals surface area contributed by atoms with E-state index in [2.05, 4.69) is 22.9 Å². The lowest BCUT2D eigenvalue weighted by Crippen LogP contribution is -2.28. The summed E-state index contributed by atoms with van der Waals surface area (Å²) >= 11 is 3.25. The summed E-state index contributed by atoms with van der Waals surface area (Å²) in [5, 5.41) is 10.4. The molecule has 1 nitrogen and oxygen atoms in total. The second-order valence-electron chi connectivity index (χ2n) is 5.71. The minimum absolute atomic E-state index is 0.226. The van der Waals surface area contributed by atoms with Gasteiger partial charge in [0, 0.05) is 10.9 Å². The maximum absolute atomic E-state index is 13.8. The lowest BCUT2D eigenvalue weighted by Gasteiger charge is -2.31. The Morgan fingerprint density at radius 1 is 1.42 bits per heavy atom. The van der Waals surface area contributed by atoms with Crippen molar-refractivity contribution in [3.63, 3.8) is 0 Å². The molecule has 106 valence electrons. The van der Waals surface area contributed by atoms with Crippen LogP contribution in [0.15, 0.2) is 22.7 Å². The van der Waals surface area contributed by atoms with Gasteiger partial charge in [0.05, 0.1) is 6.10 Å². The predicted octanol–water partition coefficient (Wildman–Crippen LogP) is 4.71. The first-order chi connectivity index (χ1) is 9.10. The molecule has 1 aliphatic rings. The van der Waals surface area contributed by atoms with Crippen LogP contribution in [-0.2, 0) is 6.42 Å². The molecule has 0 amide bonds. The molecule has 1 aromatic carbocycles. The number of rotatable bonds is 4. The summed E-state index contributed by atoms with van der Waals surface area (Å²) in [6.45, 7) is 2.22. The van der Waals surface area contributed by atoms with Crippen molar-refractivity contribution in [2.75, 3.05) is 0 Å². The van der Waals surface area contributed by atoms with Crippen LogP contribution in [0.5, 0.6) is 0 Å². The van der Waals surface area contributed by atoms with Crippen molar-refractivity contribution in [3.05, 3.63) is 34.1 Å². The Kier molecular flexibility index (Phi) is 5.40. The maximum Gasteiger partial charge on any atom is 0.127 e. The van der Waals surface area contributed by atoms with Gasteiger partial charge in [-0.2, -0.15) is 0 Å². The molecule has 0 heterocycles. The van der Waals surface area contributed by atoms with Crippen molar-refractivity contribution >= 4 is 15.9 Å². The average molecular weight is 329 g/mol. The Bertz CT molecular complexity index is 421. The zero-order chi connectivity index (χ0) is 13.8. The van der Waals surface area contributed by atoms with Crippen molar-refractivity contribution in [1.29, 1.82) is 0 Å². The molecule has 3 unspecified atom stereocenters. The van der Waals surface area contributed by atoms with Crippen LogP contribution < -0.4 is 0 Å². The summed E-state index contributed by atoms with van der Waals surface area (Å²) < 4.78 is 14.5. The van der Waals surface area contributed by atoms with Gasteiger partial charge in [-0.25, -0.2) is 4.39 Å². The van der Waals surface area contributed by atoms with E-state index < -0.39 is 6.10 Å². The van der Waals surface area contributed by atoms with Crippen LogP contribution in [0.2, 0.25) is 0 Å². The van der Waals surface area contributed by atoms with E-state index in [4.69, 9.17) is 0 Å². The highest BCUT2D eigenvalue weighted by Gasteiger charge is 2.27. The summed E-state index contributed by atoms with van der Waals surface area (Å²) in [6, 6.07) is 5.07. The van der Waals surface area contributed by atoms with Crippen molar-refractivity contribution in [2.24, 2.45) is 11.8 Å². The van der Waals surface area contributed by atoms with Crippen molar-refractivity contribution < 1.29 is 9.50 Å². The maximum atomic E-state index is 13.8. The molecular weight excluding hydrogens is 307 g/mol. The molecule has 2 rings (SSSR count). The van der Waals surface area contributed by atoms with Gasteiger partial charge in [0.2, 0.25) is 0 Å². The fraction of sp³-hybridized carbons (Fsp3) is 0.625.